The molecule has 0 bridgehead atoms. The second-order valence-corrected chi connectivity index (χ2v) is 6.96. The van der Waals surface area contributed by atoms with Crippen molar-refractivity contribution in [1.82, 2.24) is 10.6 Å². The number of carbonyl (C=O) groups is 2. The van der Waals surface area contributed by atoms with Crippen molar-refractivity contribution >= 4 is 23.6 Å². The number of carbonyl (C=O) groups excluding carboxylic acids is 2. The van der Waals surface area contributed by atoms with Gasteiger partial charge in [-0.1, -0.05) is 56.6 Å². The number of urea groups is 1. The van der Waals surface area contributed by atoms with E-state index in [-0.39, 0.29) is 12.0 Å². The van der Waals surface area contributed by atoms with Gasteiger partial charge in [0, 0.05) is 11.2 Å². The molecule has 2 atom stereocenters. The van der Waals surface area contributed by atoms with Crippen molar-refractivity contribution in [1.29, 1.82) is 0 Å². The van der Waals surface area contributed by atoms with Crippen LogP contribution in [-0.2, 0) is 14.9 Å². The van der Waals surface area contributed by atoms with Crippen LogP contribution in [0.4, 0.5) is 4.79 Å². The predicted molar refractivity (Wildman–Crippen MR) is 93.6 cm³/mol. The highest BCUT2D eigenvalue weighted by Gasteiger charge is 2.39. The summed E-state index contributed by atoms with van der Waals surface area (Å²) in [6.07, 6.45) is 0. The Morgan fingerprint density at radius 2 is 1.92 bits per heavy atom. The lowest BCUT2D eigenvalue weighted by Gasteiger charge is -2.33. The number of amides is 2. The molecule has 1 aliphatic rings. The third kappa shape index (κ3) is 3.90. The normalized spacial score (nSPS) is 22.7. The first-order valence-electron chi connectivity index (χ1n) is 7.92. The minimum absolute atomic E-state index is 0.0254. The summed E-state index contributed by atoms with van der Waals surface area (Å²) in [6.45, 7) is 8.39. The van der Waals surface area contributed by atoms with Gasteiger partial charge in [-0.2, -0.15) is 0 Å². The molecule has 0 radical (unpaired) electrons. The van der Waals surface area contributed by atoms with Crippen molar-refractivity contribution < 1.29 is 14.3 Å². The summed E-state index contributed by atoms with van der Waals surface area (Å²) in [5.74, 6) is -1.14. The molecule has 0 spiro atoms. The maximum atomic E-state index is 12.4. The van der Waals surface area contributed by atoms with Crippen LogP contribution in [0.25, 0.3) is 0 Å². The van der Waals surface area contributed by atoms with Gasteiger partial charge in [-0.25, -0.2) is 4.79 Å². The fourth-order valence-electron chi connectivity index (χ4n) is 2.71. The fraction of sp³-hybridized carbons (Fsp3) is 0.444. The van der Waals surface area contributed by atoms with Crippen LogP contribution in [-0.4, -0.2) is 18.6 Å². The second kappa shape index (κ2) is 7.26. The molecule has 6 heteroatoms. The monoisotopic (exact) mass is 350 g/mol. The first-order chi connectivity index (χ1) is 11.3. The van der Waals surface area contributed by atoms with Gasteiger partial charge in [0.25, 0.3) is 0 Å². The summed E-state index contributed by atoms with van der Waals surface area (Å²) in [6, 6.07) is 6.94. The Labute approximate surface area is 147 Å². The van der Waals surface area contributed by atoms with Gasteiger partial charge >= 0.3 is 12.0 Å². The standard InChI is InChI=1S/C18H23ClN2O3/c1-5-24-16(22)14-13(10-19)20-17(23)21-15(14)11-6-8-12(9-7-11)18(2,3)4/h6-10,14-15H,5H2,1-4H3,(H2,20,21,23)/b13-10+/t14-,15+/m1/s1. The van der Waals surface area contributed by atoms with Crippen LogP contribution in [0.2, 0.25) is 0 Å². The Balaban J connectivity index is 2.39. The van der Waals surface area contributed by atoms with Crippen molar-refractivity contribution in [3.8, 4) is 0 Å². The molecule has 5 nitrogen and oxygen atoms in total. The molecule has 1 heterocycles. The van der Waals surface area contributed by atoms with Gasteiger partial charge in [0.15, 0.2) is 0 Å². The zero-order valence-electron chi connectivity index (χ0n) is 14.4. The molecule has 0 aliphatic carbocycles. The molecule has 1 saturated heterocycles. The smallest absolute Gasteiger partial charge is 0.319 e. The number of esters is 1. The third-order valence-electron chi connectivity index (χ3n) is 4.01. The third-order valence-corrected chi connectivity index (χ3v) is 4.24. The maximum Gasteiger partial charge on any atom is 0.319 e. The first-order valence-corrected chi connectivity index (χ1v) is 8.36. The van der Waals surface area contributed by atoms with Crippen molar-refractivity contribution in [2.45, 2.75) is 39.2 Å². The molecule has 0 saturated carbocycles. The Morgan fingerprint density at radius 3 is 2.42 bits per heavy atom. The largest absolute Gasteiger partial charge is 0.465 e. The summed E-state index contributed by atoms with van der Waals surface area (Å²) < 4.78 is 5.15. The predicted octanol–water partition coefficient (Wildman–Crippen LogP) is 3.60. The molecule has 2 rings (SSSR count). The molecule has 130 valence electrons. The van der Waals surface area contributed by atoms with E-state index in [0.29, 0.717) is 5.70 Å². The molecule has 0 aromatic heterocycles. The lowest BCUT2D eigenvalue weighted by Crippen LogP contribution is -2.51. The second-order valence-electron chi connectivity index (χ2n) is 6.74. The van der Waals surface area contributed by atoms with E-state index in [4.69, 9.17) is 16.3 Å². The molecule has 1 aliphatic heterocycles. The van der Waals surface area contributed by atoms with Crippen molar-refractivity contribution in [3.63, 3.8) is 0 Å². The topological polar surface area (TPSA) is 67.4 Å². The van der Waals surface area contributed by atoms with Crippen LogP contribution in [0, 0.1) is 5.92 Å². The van der Waals surface area contributed by atoms with E-state index in [1.807, 2.05) is 24.3 Å². The Kier molecular flexibility index (Phi) is 5.54. The van der Waals surface area contributed by atoms with Crippen LogP contribution in [0.15, 0.2) is 35.5 Å². The number of hydrogen-bond donors (Lipinski definition) is 2. The van der Waals surface area contributed by atoms with Crippen molar-refractivity contribution in [3.05, 3.63) is 46.6 Å². The van der Waals surface area contributed by atoms with Crippen LogP contribution in [0.5, 0.6) is 0 Å². The molecule has 0 unspecified atom stereocenters. The average Bonchev–Trinajstić information content (AvgIpc) is 2.53. The summed E-state index contributed by atoms with van der Waals surface area (Å²) in [5.41, 5.74) is 3.58. The number of benzene rings is 1. The Hall–Kier alpha value is -2.01. The molecule has 24 heavy (non-hydrogen) atoms. The van der Waals surface area contributed by atoms with E-state index in [9.17, 15) is 9.59 Å². The maximum absolute atomic E-state index is 12.4. The molecule has 1 aromatic rings. The van der Waals surface area contributed by atoms with Crippen molar-refractivity contribution in [2.75, 3.05) is 6.61 Å². The Bertz CT molecular complexity index is 647. The number of hydrogen-bond acceptors (Lipinski definition) is 3. The van der Waals surface area contributed by atoms with E-state index in [1.54, 1.807) is 6.92 Å². The minimum atomic E-state index is -0.708. The van der Waals surface area contributed by atoms with Crippen molar-refractivity contribution in [2.24, 2.45) is 5.92 Å². The first kappa shape index (κ1) is 18.3. The zero-order valence-corrected chi connectivity index (χ0v) is 15.1. The van der Waals surface area contributed by atoms with Gasteiger partial charge in [-0.05, 0) is 23.5 Å². The molecular weight excluding hydrogens is 328 g/mol. The highest BCUT2D eigenvalue weighted by atomic mass is 35.5. The zero-order chi connectivity index (χ0) is 17.9. The average molecular weight is 351 g/mol. The number of ether oxygens (including phenoxy) is 1. The van der Waals surface area contributed by atoms with Gasteiger partial charge in [-0.15, -0.1) is 0 Å². The van der Waals surface area contributed by atoms with Gasteiger partial charge < -0.3 is 15.4 Å². The van der Waals surface area contributed by atoms with Crippen LogP contribution in [0.3, 0.4) is 0 Å². The highest BCUT2D eigenvalue weighted by molar-refractivity contribution is 6.26. The van der Waals surface area contributed by atoms with Crippen LogP contribution in [0.1, 0.15) is 44.9 Å². The van der Waals surface area contributed by atoms with E-state index >= 15 is 0 Å². The Morgan fingerprint density at radius 1 is 1.29 bits per heavy atom. The summed E-state index contributed by atoms with van der Waals surface area (Å²) >= 11 is 5.81. The number of nitrogens with one attached hydrogen (secondary N) is 2. The van der Waals surface area contributed by atoms with Gasteiger partial charge in [0.2, 0.25) is 0 Å². The van der Waals surface area contributed by atoms with Gasteiger partial charge in [0.1, 0.15) is 5.92 Å². The molecule has 2 N–H and O–H groups in total. The fourth-order valence-corrected chi connectivity index (χ4v) is 2.90. The number of halogens is 1. The summed E-state index contributed by atoms with van der Waals surface area (Å²) in [4.78, 5) is 24.3. The van der Waals surface area contributed by atoms with Crippen LogP contribution >= 0.6 is 11.6 Å². The molecule has 1 fully saturated rings. The summed E-state index contributed by atoms with van der Waals surface area (Å²) in [7, 11) is 0. The minimum Gasteiger partial charge on any atom is -0.465 e. The van der Waals surface area contributed by atoms with E-state index in [2.05, 4.69) is 31.4 Å². The lowest BCUT2D eigenvalue weighted by atomic mass is 9.84. The van der Waals surface area contributed by atoms with Gasteiger partial charge in [0.05, 0.1) is 12.6 Å². The summed E-state index contributed by atoms with van der Waals surface area (Å²) in [5, 5.41) is 5.36. The lowest BCUT2D eigenvalue weighted by molar-refractivity contribution is -0.147. The molecule has 2 amide bonds. The SMILES string of the molecule is CCOC(=O)[C@@H]1/C(=C\Cl)NC(=O)N[C@H]1c1ccc(C(C)(C)C)cc1. The van der Waals surface area contributed by atoms with E-state index < -0.39 is 24.0 Å². The van der Waals surface area contributed by atoms with Crippen LogP contribution < -0.4 is 10.6 Å². The molecule has 1 aromatic carbocycles. The molecular formula is C18H23ClN2O3. The van der Waals surface area contributed by atoms with E-state index in [0.717, 1.165) is 5.56 Å². The van der Waals surface area contributed by atoms with E-state index in [1.165, 1.54) is 11.1 Å². The van der Waals surface area contributed by atoms with Gasteiger partial charge in [-0.3, -0.25) is 4.79 Å². The quantitative estimate of drug-likeness (QED) is 0.818. The number of rotatable bonds is 3. The highest BCUT2D eigenvalue weighted by Crippen LogP contribution is 2.32.